The van der Waals surface area contributed by atoms with Crippen LogP contribution in [-0.4, -0.2) is 26.2 Å². The second kappa shape index (κ2) is 8.56. The van der Waals surface area contributed by atoms with E-state index in [0.29, 0.717) is 12.5 Å². The Morgan fingerprint density at radius 3 is 2.45 bits per heavy atom. The summed E-state index contributed by atoms with van der Waals surface area (Å²) in [7, 11) is 1.64. The van der Waals surface area contributed by atoms with E-state index in [1.807, 2.05) is 54.6 Å². The van der Waals surface area contributed by atoms with Crippen LogP contribution in [-0.2, 0) is 0 Å². The minimum atomic E-state index is 0.421. The summed E-state index contributed by atoms with van der Waals surface area (Å²) in [5, 5.41) is 6.39. The van der Waals surface area contributed by atoms with E-state index in [0.717, 1.165) is 30.1 Å². The number of benzene rings is 2. The molecule has 2 aromatic rings. The molecule has 0 atom stereocenters. The molecule has 0 aliphatic heterocycles. The zero-order valence-electron chi connectivity index (χ0n) is 12.8. The SMILES string of the molecule is COc1ccc(NC(N)=NCCCNc2ccccc2)cc1. The molecule has 5 nitrogen and oxygen atoms in total. The van der Waals surface area contributed by atoms with Gasteiger partial charge in [-0.2, -0.15) is 0 Å². The van der Waals surface area contributed by atoms with Gasteiger partial charge >= 0.3 is 0 Å². The number of ether oxygens (including phenoxy) is 1. The van der Waals surface area contributed by atoms with Gasteiger partial charge in [-0.3, -0.25) is 4.99 Å². The minimum absolute atomic E-state index is 0.421. The van der Waals surface area contributed by atoms with Gasteiger partial charge in [0.15, 0.2) is 5.96 Å². The third-order valence-electron chi connectivity index (χ3n) is 3.08. The van der Waals surface area contributed by atoms with Crippen molar-refractivity contribution < 1.29 is 4.74 Å². The van der Waals surface area contributed by atoms with Crippen molar-refractivity contribution in [2.75, 3.05) is 30.8 Å². The molecule has 0 aliphatic carbocycles. The summed E-state index contributed by atoms with van der Waals surface area (Å²) in [5.41, 5.74) is 7.87. The first-order chi connectivity index (χ1) is 10.8. The molecule has 0 heterocycles. The van der Waals surface area contributed by atoms with Gasteiger partial charge in [0.1, 0.15) is 5.75 Å². The van der Waals surface area contributed by atoms with E-state index >= 15 is 0 Å². The Morgan fingerprint density at radius 2 is 1.77 bits per heavy atom. The highest BCUT2D eigenvalue weighted by Gasteiger charge is 1.96. The lowest BCUT2D eigenvalue weighted by Crippen LogP contribution is -2.23. The van der Waals surface area contributed by atoms with Gasteiger partial charge < -0.3 is 21.1 Å². The maximum Gasteiger partial charge on any atom is 0.193 e. The van der Waals surface area contributed by atoms with Gasteiger partial charge in [-0.25, -0.2) is 0 Å². The molecule has 0 fully saturated rings. The van der Waals surface area contributed by atoms with Crippen molar-refractivity contribution >= 4 is 17.3 Å². The summed E-state index contributed by atoms with van der Waals surface area (Å²) < 4.78 is 5.11. The summed E-state index contributed by atoms with van der Waals surface area (Å²) in [4.78, 5) is 4.31. The molecule has 2 rings (SSSR count). The number of aliphatic imine (C=N–C) groups is 1. The van der Waals surface area contributed by atoms with Gasteiger partial charge in [-0.05, 0) is 42.8 Å². The maximum atomic E-state index is 5.86. The molecule has 22 heavy (non-hydrogen) atoms. The van der Waals surface area contributed by atoms with Crippen molar-refractivity contribution in [3.63, 3.8) is 0 Å². The topological polar surface area (TPSA) is 71.7 Å². The van der Waals surface area contributed by atoms with E-state index in [4.69, 9.17) is 10.5 Å². The van der Waals surface area contributed by atoms with Crippen LogP contribution in [0.3, 0.4) is 0 Å². The van der Waals surface area contributed by atoms with Gasteiger partial charge in [0.2, 0.25) is 0 Å². The Kier molecular flexibility index (Phi) is 6.11. The molecule has 5 heteroatoms. The third-order valence-corrected chi connectivity index (χ3v) is 3.08. The minimum Gasteiger partial charge on any atom is -0.497 e. The molecule has 0 saturated heterocycles. The van der Waals surface area contributed by atoms with E-state index in [1.54, 1.807) is 7.11 Å². The molecular weight excluding hydrogens is 276 g/mol. The smallest absolute Gasteiger partial charge is 0.193 e. The highest BCUT2D eigenvalue weighted by Crippen LogP contribution is 2.14. The Labute approximate surface area is 131 Å². The number of rotatable bonds is 7. The van der Waals surface area contributed by atoms with Crippen LogP contribution in [0.5, 0.6) is 5.75 Å². The lowest BCUT2D eigenvalue weighted by atomic mass is 10.3. The lowest BCUT2D eigenvalue weighted by Gasteiger charge is -2.07. The van der Waals surface area contributed by atoms with Crippen molar-refractivity contribution in [1.82, 2.24) is 0 Å². The number of hydrogen-bond acceptors (Lipinski definition) is 3. The van der Waals surface area contributed by atoms with Gasteiger partial charge in [-0.1, -0.05) is 18.2 Å². The van der Waals surface area contributed by atoms with E-state index in [9.17, 15) is 0 Å². The Bertz CT molecular complexity index is 581. The van der Waals surface area contributed by atoms with Crippen molar-refractivity contribution in [2.45, 2.75) is 6.42 Å². The van der Waals surface area contributed by atoms with Gasteiger partial charge in [0.05, 0.1) is 7.11 Å². The molecule has 0 radical (unpaired) electrons. The fraction of sp³-hybridized carbons (Fsp3) is 0.235. The molecule has 116 valence electrons. The van der Waals surface area contributed by atoms with E-state index in [2.05, 4.69) is 15.6 Å². The summed E-state index contributed by atoms with van der Waals surface area (Å²) >= 11 is 0. The van der Waals surface area contributed by atoms with Crippen molar-refractivity contribution in [3.8, 4) is 5.75 Å². The molecule has 0 saturated carbocycles. The molecular formula is C17H22N4O. The van der Waals surface area contributed by atoms with Crippen LogP contribution in [0.25, 0.3) is 0 Å². The molecule has 2 aromatic carbocycles. The van der Waals surface area contributed by atoms with Crippen molar-refractivity contribution in [2.24, 2.45) is 10.7 Å². The lowest BCUT2D eigenvalue weighted by molar-refractivity contribution is 0.415. The number of methoxy groups -OCH3 is 1. The van der Waals surface area contributed by atoms with Gasteiger partial charge in [-0.15, -0.1) is 0 Å². The van der Waals surface area contributed by atoms with Crippen LogP contribution in [0.4, 0.5) is 11.4 Å². The predicted octanol–water partition coefficient (Wildman–Crippen LogP) is 2.92. The highest BCUT2D eigenvalue weighted by molar-refractivity contribution is 5.92. The predicted molar refractivity (Wildman–Crippen MR) is 92.7 cm³/mol. The third kappa shape index (κ3) is 5.36. The first kappa shape index (κ1) is 15.7. The molecule has 4 N–H and O–H groups in total. The van der Waals surface area contributed by atoms with Crippen LogP contribution in [0.2, 0.25) is 0 Å². The molecule has 0 spiro atoms. The largest absolute Gasteiger partial charge is 0.497 e. The Hall–Kier alpha value is -2.69. The number of hydrogen-bond donors (Lipinski definition) is 3. The molecule has 0 bridgehead atoms. The van der Waals surface area contributed by atoms with Crippen LogP contribution >= 0.6 is 0 Å². The first-order valence-electron chi connectivity index (χ1n) is 7.28. The standard InChI is InChI=1S/C17H22N4O/c1-22-16-10-8-15(9-11-16)21-17(18)20-13-5-12-19-14-6-3-2-4-7-14/h2-4,6-11,19H,5,12-13H2,1H3,(H3,18,20,21). The van der Waals surface area contributed by atoms with E-state index < -0.39 is 0 Å². The summed E-state index contributed by atoms with van der Waals surface area (Å²) in [6.07, 6.45) is 0.917. The molecule has 0 unspecified atom stereocenters. The Balaban J connectivity index is 1.68. The second-order valence-corrected chi connectivity index (χ2v) is 4.77. The number of guanidine groups is 1. The van der Waals surface area contributed by atoms with E-state index in [1.165, 1.54) is 0 Å². The molecule has 0 aromatic heterocycles. The van der Waals surface area contributed by atoms with Crippen LogP contribution < -0.4 is 21.1 Å². The number of nitrogens with zero attached hydrogens (tertiary/aromatic N) is 1. The fourth-order valence-corrected chi connectivity index (χ4v) is 1.93. The molecule has 0 amide bonds. The fourth-order valence-electron chi connectivity index (χ4n) is 1.93. The van der Waals surface area contributed by atoms with Gasteiger partial charge in [0, 0.05) is 24.5 Å². The summed E-state index contributed by atoms with van der Waals surface area (Å²) in [6, 6.07) is 17.7. The normalized spacial score (nSPS) is 11.0. The average Bonchev–Trinajstić information content (AvgIpc) is 2.56. The van der Waals surface area contributed by atoms with Crippen LogP contribution in [0.15, 0.2) is 59.6 Å². The maximum absolute atomic E-state index is 5.86. The summed E-state index contributed by atoms with van der Waals surface area (Å²) in [5.74, 6) is 1.23. The first-order valence-corrected chi connectivity index (χ1v) is 7.28. The number of anilines is 2. The Morgan fingerprint density at radius 1 is 1.05 bits per heavy atom. The zero-order chi connectivity index (χ0) is 15.6. The average molecular weight is 298 g/mol. The van der Waals surface area contributed by atoms with Crippen LogP contribution in [0.1, 0.15) is 6.42 Å². The highest BCUT2D eigenvalue weighted by atomic mass is 16.5. The van der Waals surface area contributed by atoms with E-state index in [-0.39, 0.29) is 0 Å². The zero-order valence-corrected chi connectivity index (χ0v) is 12.8. The van der Waals surface area contributed by atoms with Crippen molar-refractivity contribution in [3.05, 3.63) is 54.6 Å². The number of para-hydroxylation sites is 1. The van der Waals surface area contributed by atoms with Crippen molar-refractivity contribution in [1.29, 1.82) is 0 Å². The molecule has 0 aliphatic rings. The number of nitrogens with one attached hydrogen (secondary N) is 2. The van der Waals surface area contributed by atoms with Crippen LogP contribution in [0, 0.1) is 0 Å². The quantitative estimate of drug-likeness (QED) is 0.417. The summed E-state index contributed by atoms with van der Waals surface area (Å²) in [6.45, 7) is 1.54. The number of nitrogens with two attached hydrogens (primary N) is 1. The van der Waals surface area contributed by atoms with Gasteiger partial charge in [0.25, 0.3) is 0 Å². The monoisotopic (exact) mass is 298 g/mol. The second-order valence-electron chi connectivity index (χ2n) is 4.77.